The summed E-state index contributed by atoms with van der Waals surface area (Å²) in [5, 5.41) is 2.72. The van der Waals surface area contributed by atoms with Crippen molar-refractivity contribution in [2.45, 2.75) is 20.0 Å². The van der Waals surface area contributed by atoms with E-state index in [-0.39, 0.29) is 18.6 Å². The molecule has 0 aromatic heterocycles. The molecule has 0 fully saturated rings. The Morgan fingerprint density at radius 3 is 2.56 bits per heavy atom. The number of amides is 1. The molecule has 5 nitrogen and oxygen atoms in total. The third-order valence-electron chi connectivity index (χ3n) is 2.23. The Balaban J connectivity index is 2.68. The fourth-order valence-corrected chi connectivity index (χ4v) is 1.33. The Bertz CT molecular complexity index is 404. The van der Waals surface area contributed by atoms with Gasteiger partial charge in [0.1, 0.15) is 18.1 Å². The van der Waals surface area contributed by atoms with E-state index in [1.807, 2.05) is 13.8 Å². The van der Waals surface area contributed by atoms with Crippen molar-refractivity contribution in [2.24, 2.45) is 0 Å². The summed E-state index contributed by atoms with van der Waals surface area (Å²) in [6.07, 6.45) is 0.0218. The maximum atomic E-state index is 11.6. The van der Waals surface area contributed by atoms with E-state index in [2.05, 4.69) is 5.32 Å². The molecule has 18 heavy (non-hydrogen) atoms. The minimum Gasteiger partial charge on any atom is -0.497 e. The van der Waals surface area contributed by atoms with E-state index in [1.54, 1.807) is 25.3 Å². The molecule has 0 saturated carbocycles. The van der Waals surface area contributed by atoms with E-state index in [0.29, 0.717) is 17.2 Å². The Labute approximate surface area is 107 Å². The smallest absolute Gasteiger partial charge is 0.250 e. The summed E-state index contributed by atoms with van der Waals surface area (Å²) in [5.41, 5.74) is 0.593. The Morgan fingerprint density at radius 1 is 1.28 bits per heavy atom. The van der Waals surface area contributed by atoms with Crippen molar-refractivity contribution in [1.29, 1.82) is 0 Å². The maximum Gasteiger partial charge on any atom is 0.250 e. The van der Waals surface area contributed by atoms with Crippen LogP contribution in [0.15, 0.2) is 18.2 Å². The monoisotopic (exact) mass is 253 g/mol. The number of ether oxygens (including phenoxy) is 3. The number of nitrogens with one attached hydrogen (secondary N) is 1. The van der Waals surface area contributed by atoms with Gasteiger partial charge in [-0.05, 0) is 26.0 Å². The SMILES string of the molecule is COc1ccc(NC(=O)COC(C)C)c(OC)c1. The van der Waals surface area contributed by atoms with Crippen LogP contribution in [0.25, 0.3) is 0 Å². The third-order valence-corrected chi connectivity index (χ3v) is 2.23. The van der Waals surface area contributed by atoms with E-state index in [4.69, 9.17) is 14.2 Å². The van der Waals surface area contributed by atoms with Crippen molar-refractivity contribution in [3.05, 3.63) is 18.2 Å². The normalized spacial score (nSPS) is 10.3. The topological polar surface area (TPSA) is 56.8 Å². The van der Waals surface area contributed by atoms with Gasteiger partial charge in [-0.2, -0.15) is 0 Å². The molecule has 1 aromatic rings. The second-order valence-electron chi connectivity index (χ2n) is 3.97. The van der Waals surface area contributed by atoms with Crippen LogP contribution in [-0.4, -0.2) is 32.8 Å². The molecule has 5 heteroatoms. The molecular formula is C13H19NO4. The van der Waals surface area contributed by atoms with Gasteiger partial charge in [0, 0.05) is 6.07 Å². The number of carbonyl (C=O) groups excluding carboxylic acids is 1. The highest BCUT2D eigenvalue weighted by molar-refractivity contribution is 5.93. The van der Waals surface area contributed by atoms with Gasteiger partial charge in [-0.25, -0.2) is 0 Å². The van der Waals surface area contributed by atoms with Crippen LogP contribution in [0.1, 0.15) is 13.8 Å². The van der Waals surface area contributed by atoms with Gasteiger partial charge in [0.05, 0.1) is 26.0 Å². The summed E-state index contributed by atoms with van der Waals surface area (Å²) in [5.74, 6) is 1.00. The molecule has 0 saturated heterocycles. The fraction of sp³-hybridized carbons (Fsp3) is 0.462. The van der Waals surface area contributed by atoms with Crippen LogP contribution in [0.2, 0.25) is 0 Å². The van der Waals surface area contributed by atoms with Gasteiger partial charge in [-0.3, -0.25) is 4.79 Å². The summed E-state index contributed by atoms with van der Waals surface area (Å²) in [7, 11) is 3.11. The zero-order valence-electron chi connectivity index (χ0n) is 11.1. The summed E-state index contributed by atoms with van der Waals surface area (Å²) in [6, 6.07) is 5.19. The molecule has 1 aromatic carbocycles. The predicted octanol–water partition coefficient (Wildman–Crippen LogP) is 2.07. The average Bonchev–Trinajstić information content (AvgIpc) is 2.36. The van der Waals surface area contributed by atoms with Crippen molar-refractivity contribution in [1.82, 2.24) is 0 Å². The summed E-state index contributed by atoms with van der Waals surface area (Å²) >= 11 is 0. The van der Waals surface area contributed by atoms with E-state index < -0.39 is 0 Å². The van der Waals surface area contributed by atoms with Gasteiger partial charge in [0.2, 0.25) is 5.91 Å². The molecule has 0 aliphatic heterocycles. The molecule has 100 valence electrons. The van der Waals surface area contributed by atoms with Gasteiger partial charge >= 0.3 is 0 Å². The fourth-order valence-electron chi connectivity index (χ4n) is 1.33. The van der Waals surface area contributed by atoms with Crippen LogP contribution in [0, 0.1) is 0 Å². The van der Waals surface area contributed by atoms with Crippen LogP contribution in [0.5, 0.6) is 11.5 Å². The number of anilines is 1. The first kappa shape index (κ1) is 14.3. The lowest BCUT2D eigenvalue weighted by Crippen LogP contribution is -2.20. The van der Waals surface area contributed by atoms with Crippen LogP contribution in [-0.2, 0) is 9.53 Å². The van der Waals surface area contributed by atoms with E-state index in [1.165, 1.54) is 7.11 Å². The quantitative estimate of drug-likeness (QED) is 0.843. The highest BCUT2D eigenvalue weighted by Crippen LogP contribution is 2.28. The van der Waals surface area contributed by atoms with Crippen molar-refractivity contribution < 1.29 is 19.0 Å². The van der Waals surface area contributed by atoms with Crippen molar-refractivity contribution in [2.75, 3.05) is 26.1 Å². The molecule has 0 spiro atoms. The molecule has 0 aliphatic rings. The van der Waals surface area contributed by atoms with E-state index in [9.17, 15) is 4.79 Å². The van der Waals surface area contributed by atoms with Gasteiger partial charge < -0.3 is 19.5 Å². The zero-order chi connectivity index (χ0) is 13.5. The first-order chi connectivity index (χ1) is 8.56. The molecule has 0 radical (unpaired) electrons. The van der Waals surface area contributed by atoms with Gasteiger partial charge in [0.25, 0.3) is 0 Å². The molecule has 0 heterocycles. The predicted molar refractivity (Wildman–Crippen MR) is 69.3 cm³/mol. The molecule has 1 rings (SSSR count). The van der Waals surface area contributed by atoms with Gasteiger partial charge in [0.15, 0.2) is 0 Å². The Kier molecular flexibility index (Phi) is 5.45. The summed E-state index contributed by atoms with van der Waals surface area (Å²) < 4.78 is 15.5. The minimum absolute atomic E-state index is 0.0207. The van der Waals surface area contributed by atoms with Gasteiger partial charge in [-0.15, -0.1) is 0 Å². The first-order valence-corrected chi connectivity index (χ1v) is 5.70. The standard InChI is InChI=1S/C13H19NO4/c1-9(2)18-8-13(15)14-11-6-5-10(16-3)7-12(11)17-4/h5-7,9H,8H2,1-4H3,(H,14,15). The number of methoxy groups -OCH3 is 2. The molecule has 0 aliphatic carbocycles. The molecule has 0 bridgehead atoms. The van der Waals surface area contributed by atoms with Crippen molar-refractivity contribution in [3.8, 4) is 11.5 Å². The van der Waals surface area contributed by atoms with E-state index >= 15 is 0 Å². The number of hydrogen-bond acceptors (Lipinski definition) is 4. The zero-order valence-corrected chi connectivity index (χ0v) is 11.1. The van der Waals surface area contributed by atoms with Crippen molar-refractivity contribution in [3.63, 3.8) is 0 Å². The van der Waals surface area contributed by atoms with Crippen molar-refractivity contribution >= 4 is 11.6 Å². The minimum atomic E-state index is -0.216. The number of hydrogen-bond donors (Lipinski definition) is 1. The summed E-state index contributed by atoms with van der Waals surface area (Å²) in [6.45, 7) is 3.77. The number of rotatable bonds is 6. The Hall–Kier alpha value is -1.75. The molecule has 1 amide bonds. The number of benzene rings is 1. The lowest BCUT2D eigenvalue weighted by atomic mass is 10.2. The molecule has 0 atom stereocenters. The maximum absolute atomic E-state index is 11.6. The highest BCUT2D eigenvalue weighted by atomic mass is 16.5. The second-order valence-corrected chi connectivity index (χ2v) is 3.97. The largest absolute Gasteiger partial charge is 0.497 e. The van der Waals surface area contributed by atoms with E-state index in [0.717, 1.165) is 0 Å². The van der Waals surface area contributed by atoms with Crippen LogP contribution >= 0.6 is 0 Å². The van der Waals surface area contributed by atoms with Crippen LogP contribution in [0.4, 0.5) is 5.69 Å². The van der Waals surface area contributed by atoms with Gasteiger partial charge in [-0.1, -0.05) is 0 Å². The van der Waals surface area contributed by atoms with Crippen LogP contribution < -0.4 is 14.8 Å². The molecular weight excluding hydrogens is 234 g/mol. The lowest BCUT2D eigenvalue weighted by Gasteiger charge is -2.12. The summed E-state index contributed by atoms with van der Waals surface area (Å²) in [4.78, 5) is 11.6. The second kappa shape index (κ2) is 6.86. The average molecular weight is 253 g/mol. The van der Waals surface area contributed by atoms with Crippen LogP contribution in [0.3, 0.4) is 0 Å². The lowest BCUT2D eigenvalue weighted by molar-refractivity contribution is -0.121. The molecule has 0 unspecified atom stereocenters. The first-order valence-electron chi connectivity index (χ1n) is 5.70. The third kappa shape index (κ3) is 4.25. The molecule has 1 N–H and O–H groups in total. The number of carbonyl (C=O) groups is 1. The Morgan fingerprint density at radius 2 is 2.00 bits per heavy atom. The highest BCUT2D eigenvalue weighted by Gasteiger charge is 2.09.